The van der Waals surface area contributed by atoms with Gasteiger partial charge < -0.3 is 10.4 Å². The molecule has 5 nitrogen and oxygen atoms in total. The molecule has 0 saturated heterocycles. The van der Waals surface area contributed by atoms with E-state index < -0.39 is 6.10 Å². The van der Waals surface area contributed by atoms with Gasteiger partial charge in [0, 0.05) is 10.7 Å². The Morgan fingerprint density at radius 2 is 1.74 bits per heavy atom. The number of nitrogens with one attached hydrogen (secondary N) is 3. The normalized spacial score (nSPS) is 11.4. The molecule has 0 heterocycles. The van der Waals surface area contributed by atoms with Gasteiger partial charge in [0.25, 0.3) is 0 Å². The number of hydrogen-bond acceptors (Lipinski definition) is 3. The van der Waals surface area contributed by atoms with Crippen LogP contribution in [-0.2, 0) is 4.79 Å². The van der Waals surface area contributed by atoms with Crippen LogP contribution >= 0.6 is 23.8 Å². The number of aliphatic hydroxyl groups is 1. The van der Waals surface area contributed by atoms with Gasteiger partial charge in [0.2, 0.25) is 5.91 Å². The molecule has 120 valence electrons. The summed E-state index contributed by atoms with van der Waals surface area (Å²) in [6.45, 7) is 0. The molecule has 0 spiro atoms. The average Bonchev–Trinajstić information content (AvgIpc) is 2.54. The van der Waals surface area contributed by atoms with Crippen molar-refractivity contribution in [2.75, 3.05) is 5.32 Å². The van der Waals surface area contributed by atoms with E-state index in [2.05, 4.69) is 16.2 Å². The molecule has 0 bridgehead atoms. The topological polar surface area (TPSA) is 73.4 Å². The van der Waals surface area contributed by atoms with Gasteiger partial charge in [-0.3, -0.25) is 15.6 Å². The van der Waals surface area contributed by atoms with Crippen molar-refractivity contribution in [2.24, 2.45) is 0 Å². The fourth-order valence-corrected chi connectivity index (χ4v) is 2.13. The lowest BCUT2D eigenvalue weighted by molar-refractivity contribution is -0.123. The molecule has 7 heteroatoms. The van der Waals surface area contributed by atoms with Crippen molar-refractivity contribution in [3.63, 3.8) is 0 Å². The monoisotopic (exact) mass is 349 g/mol. The molecule has 1 atom stereocenters. The predicted molar refractivity (Wildman–Crippen MR) is 95.0 cm³/mol. The van der Waals surface area contributed by atoms with Gasteiger partial charge in [-0.25, -0.2) is 0 Å². The van der Waals surface area contributed by atoms with Gasteiger partial charge in [0.05, 0.1) is 12.5 Å². The minimum absolute atomic E-state index is 0.0947. The van der Waals surface area contributed by atoms with Crippen LogP contribution in [0.4, 0.5) is 5.69 Å². The van der Waals surface area contributed by atoms with E-state index in [4.69, 9.17) is 23.8 Å². The van der Waals surface area contributed by atoms with Crippen molar-refractivity contribution in [2.45, 2.75) is 12.5 Å². The van der Waals surface area contributed by atoms with Crippen LogP contribution in [0.3, 0.4) is 0 Å². The lowest BCUT2D eigenvalue weighted by Gasteiger charge is -2.14. The Kier molecular flexibility index (Phi) is 6.34. The molecule has 0 aromatic heterocycles. The zero-order chi connectivity index (χ0) is 16.7. The summed E-state index contributed by atoms with van der Waals surface area (Å²) in [6.07, 6.45) is -1.01. The minimum atomic E-state index is -0.912. The van der Waals surface area contributed by atoms with Crippen LogP contribution in [-0.4, -0.2) is 16.1 Å². The third-order valence-electron chi connectivity index (χ3n) is 2.98. The summed E-state index contributed by atoms with van der Waals surface area (Å²) >= 11 is 10.8. The number of amides is 1. The third kappa shape index (κ3) is 5.86. The molecule has 2 rings (SSSR count). The number of benzene rings is 2. The van der Waals surface area contributed by atoms with E-state index in [1.165, 1.54) is 0 Å². The molecule has 4 N–H and O–H groups in total. The summed E-state index contributed by atoms with van der Waals surface area (Å²) in [4.78, 5) is 11.8. The van der Waals surface area contributed by atoms with E-state index in [-0.39, 0.29) is 17.4 Å². The van der Waals surface area contributed by atoms with E-state index in [1.54, 1.807) is 24.3 Å². The summed E-state index contributed by atoms with van der Waals surface area (Å²) in [5.74, 6) is -0.385. The van der Waals surface area contributed by atoms with Crippen molar-refractivity contribution in [3.05, 3.63) is 65.2 Å². The number of thiocarbonyl (C=S) groups is 1. The summed E-state index contributed by atoms with van der Waals surface area (Å²) < 4.78 is 0. The second-order valence-electron chi connectivity index (χ2n) is 4.76. The maximum absolute atomic E-state index is 11.8. The standard InChI is InChI=1S/C16H16ClN3O2S/c17-12-8-6-11(7-9-12)14(21)10-15(22)19-20-16(23)18-13-4-2-1-3-5-13/h1-9,14,21H,10H2,(H,19,22)(H2,18,20,23). The highest BCUT2D eigenvalue weighted by Crippen LogP contribution is 2.18. The van der Waals surface area contributed by atoms with Gasteiger partial charge in [-0.2, -0.15) is 0 Å². The van der Waals surface area contributed by atoms with E-state index >= 15 is 0 Å². The molecule has 0 saturated carbocycles. The number of hydrogen-bond donors (Lipinski definition) is 4. The van der Waals surface area contributed by atoms with Crippen LogP contribution in [0, 0.1) is 0 Å². The number of aliphatic hydroxyl groups excluding tert-OH is 1. The number of carbonyl (C=O) groups is 1. The molecule has 2 aromatic carbocycles. The number of hydrazine groups is 1. The second-order valence-corrected chi connectivity index (χ2v) is 5.61. The second kappa shape index (κ2) is 8.47. The zero-order valence-electron chi connectivity index (χ0n) is 12.1. The largest absolute Gasteiger partial charge is 0.388 e. The predicted octanol–water partition coefficient (Wildman–Crippen LogP) is 2.78. The van der Waals surface area contributed by atoms with E-state index in [1.807, 2.05) is 30.3 Å². The number of para-hydroxylation sites is 1. The Morgan fingerprint density at radius 3 is 2.39 bits per heavy atom. The van der Waals surface area contributed by atoms with Crippen molar-refractivity contribution >= 4 is 40.5 Å². The van der Waals surface area contributed by atoms with E-state index in [0.717, 1.165) is 5.69 Å². The smallest absolute Gasteiger partial charge is 0.241 e. The quantitative estimate of drug-likeness (QED) is 0.504. The van der Waals surface area contributed by atoms with Gasteiger partial charge in [-0.05, 0) is 42.0 Å². The molecule has 0 aliphatic heterocycles. The first-order valence-electron chi connectivity index (χ1n) is 6.89. The van der Waals surface area contributed by atoms with Crippen LogP contribution in [0.2, 0.25) is 5.02 Å². The van der Waals surface area contributed by atoms with E-state index in [9.17, 15) is 9.90 Å². The van der Waals surface area contributed by atoms with Crippen molar-refractivity contribution < 1.29 is 9.90 Å². The average molecular weight is 350 g/mol. The van der Waals surface area contributed by atoms with Crippen LogP contribution in [0.1, 0.15) is 18.1 Å². The number of rotatable bonds is 4. The molecule has 0 aliphatic rings. The summed E-state index contributed by atoms with van der Waals surface area (Å²) in [6, 6.07) is 16.0. The fraction of sp³-hybridized carbons (Fsp3) is 0.125. The molecule has 1 unspecified atom stereocenters. The Morgan fingerprint density at radius 1 is 1.09 bits per heavy atom. The van der Waals surface area contributed by atoms with Crippen molar-refractivity contribution in [1.29, 1.82) is 0 Å². The minimum Gasteiger partial charge on any atom is -0.388 e. The number of carbonyl (C=O) groups excluding carboxylic acids is 1. The van der Waals surface area contributed by atoms with Crippen LogP contribution in [0.25, 0.3) is 0 Å². The number of halogens is 1. The SMILES string of the molecule is O=C(CC(O)c1ccc(Cl)cc1)NNC(=S)Nc1ccccc1. The fourth-order valence-electron chi connectivity index (χ4n) is 1.84. The van der Waals surface area contributed by atoms with Crippen molar-refractivity contribution in [3.8, 4) is 0 Å². The lowest BCUT2D eigenvalue weighted by Crippen LogP contribution is -2.44. The highest BCUT2D eigenvalue weighted by atomic mass is 35.5. The highest BCUT2D eigenvalue weighted by molar-refractivity contribution is 7.80. The molecule has 23 heavy (non-hydrogen) atoms. The third-order valence-corrected chi connectivity index (χ3v) is 3.44. The van der Waals surface area contributed by atoms with Gasteiger partial charge in [0.15, 0.2) is 5.11 Å². The van der Waals surface area contributed by atoms with Gasteiger partial charge in [-0.1, -0.05) is 41.9 Å². The van der Waals surface area contributed by atoms with Crippen molar-refractivity contribution in [1.82, 2.24) is 10.9 Å². The first-order chi connectivity index (χ1) is 11.0. The summed E-state index contributed by atoms with van der Waals surface area (Å²) in [5.41, 5.74) is 6.45. The number of anilines is 1. The molecule has 1 amide bonds. The Hall–Kier alpha value is -2.15. The summed E-state index contributed by atoms with van der Waals surface area (Å²) in [7, 11) is 0. The Balaban J connectivity index is 1.76. The molecule has 0 fully saturated rings. The Bertz CT molecular complexity index is 665. The van der Waals surface area contributed by atoms with E-state index in [0.29, 0.717) is 10.6 Å². The van der Waals surface area contributed by atoms with Crippen LogP contribution in [0.5, 0.6) is 0 Å². The molecule has 0 radical (unpaired) electrons. The molecule has 2 aromatic rings. The molecular weight excluding hydrogens is 334 g/mol. The first-order valence-corrected chi connectivity index (χ1v) is 7.67. The first kappa shape index (κ1) is 17.2. The maximum atomic E-state index is 11.8. The summed E-state index contributed by atoms with van der Waals surface area (Å²) in [5, 5.41) is 13.7. The molecular formula is C16H16ClN3O2S. The van der Waals surface area contributed by atoms with Crippen LogP contribution in [0.15, 0.2) is 54.6 Å². The van der Waals surface area contributed by atoms with Gasteiger partial charge >= 0.3 is 0 Å². The van der Waals surface area contributed by atoms with Gasteiger partial charge in [-0.15, -0.1) is 0 Å². The molecule has 0 aliphatic carbocycles. The van der Waals surface area contributed by atoms with Gasteiger partial charge in [0.1, 0.15) is 0 Å². The maximum Gasteiger partial charge on any atom is 0.241 e. The van der Waals surface area contributed by atoms with Crippen LogP contribution < -0.4 is 16.2 Å². The Labute approximate surface area is 144 Å². The zero-order valence-corrected chi connectivity index (χ0v) is 13.7. The highest BCUT2D eigenvalue weighted by Gasteiger charge is 2.13. The lowest BCUT2D eigenvalue weighted by atomic mass is 10.1.